The molecule has 4 nitrogen and oxygen atoms in total. The van der Waals surface area contributed by atoms with Crippen LogP contribution in [0.15, 0.2) is 10.7 Å². The lowest BCUT2D eigenvalue weighted by atomic mass is 9.96. The fraction of sp³-hybridized carbons (Fsp3) is 0.600. The van der Waals surface area contributed by atoms with Crippen LogP contribution >= 0.6 is 0 Å². The van der Waals surface area contributed by atoms with Crippen LogP contribution < -0.4 is 0 Å². The third-order valence-corrected chi connectivity index (χ3v) is 2.56. The van der Waals surface area contributed by atoms with Gasteiger partial charge in [0.15, 0.2) is 6.29 Å². The van der Waals surface area contributed by atoms with Gasteiger partial charge in [-0.3, -0.25) is 4.79 Å². The molecular formula is C10H13NO3. The molecule has 0 aliphatic carbocycles. The van der Waals surface area contributed by atoms with Crippen molar-refractivity contribution in [3.63, 3.8) is 0 Å². The van der Waals surface area contributed by atoms with Crippen molar-refractivity contribution in [3.8, 4) is 0 Å². The van der Waals surface area contributed by atoms with Gasteiger partial charge in [-0.2, -0.15) is 0 Å². The Labute approximate surface area is 82.3 Å². The number of carbonyl (C=O) groups excluding carboxylic acids is 1. The summed E-state index contributed by atoms with van der Waals surface area (Å²) in [6.45, 7) is 2.68. The zero-order chi connectivity index (χ0) is 10.0. The SMILES string of the molecule is CC1(c2nc(C=O)co2)CCCCO1. The third kappa shape index (κ3) is 1.57. The molecule has 1 aromatic rings. The first-order valence-electron chi connectivity index (χ1n) is 4.80. The van der Waals surface area contributed by atoms with E-state index >= 15 is 0 Å². The molecule has 0 saturated carbocycles. The molecule has 0 aromatic carbocycles. The van der Waals surface area contributed by atoms with Crippen LogP contribution in [-0.4, -0.2) is 17.9 Å². The van der Waals surface area contributed by atoms with E-state index in [1.165, 1.54) is 6.26 Å². The van der Waals surface area contributed by atoms with E-state index in [1.807, 2.05) is 6.92 Å². The van der Waals surface area contributed by atoms with Crippen molar-refractivity contribution in [2.45, 2.75) is 31.8 Å². The highest BCUT2D eigenvalue weighted by atomic mass is 16.5. The number of rotatable bonds is 2. The van der Waals surface area contributed by atoms with Crippen LogP contribution in [0.4, 0.5) is 0 Å². The number of hydrogen-bond donors (Lipinski definition) is 0. The first-order valence-corrected chi connectivity index (χ1v) is 4.80. The molecule has 14 heavy (non-hydrogen) atoms. The molecule has 2 heterocycles. The predicted molar refractivity (Wildman–Crippen MR) is 49.0 cm³/mol. The van der Waals surface area contributed by atoms with Crippen LogP contribution in [0.5, 0.6) is 0 Å². The average molecular weight is 195 g/mol. The van der Waals surface area contributed by atoms with Crippen molar-refractivity contribution in [2.75, 3.05) is 6.61 Å². The van der Waals surface area contributed by atoms with Crippen LogP contribution in [0, 0.1) is 0 Å². The summed E-state index contributed by atoms with van der Waals surface area (Å²) >= 11 is 0. The number of nitrogens with zero attached hydrogens (tertiary/aromatic N) is 1. The second-order valence-corrected chi connectivity index (χ2v) is 3.73. The molecule has 1 aromatic heterocycles. The monoisotopic (exact) mass is 195 g/mol. The van der Waals surface area contributed by atoms with Crippen molar-refractivity contribution in [1.82, 2.24) is 4.98 Å². The number of hydrogen-bond acceptors (Lipinski definition) is 4. The number of aromatic nitrogens is 1. The van der Waals surface area contributed by atoms with E-state index in [2.05, 4.69) is 4.98 Å². The highest BCUT2D eigenvalue weighted by Crippen LogP contribution is 2.33. The standard InChI is InChI=1S/C10H13NO3/c1-10(4-2-3-5-14-10)9-11-8(6-12)7-13-9/h6-7H,2-5H2,1H3. The average Bonchev–Trinajstić information content (AvgIpc) is 2.67. The van der Waals surface area contributed by atoms with Gasteiger partial charge >= 0.3 is 0 Å². The van der Waals surface area contributed by atoms with Crippen molar-refractivity contribution >= 4 is 6.29 Å². The Hall–Kier alpha value is -1.16. The van der Waals surface area contributed by atoms with E-state index in [9.17, 15) is 4.79 Å². The Morgan fingerprint density at radius 3 is 3.00 bits per heavy atom. The van der Waals surface area contributed by atoms with E-state index in [1.54, 1.807) is 0 Å². The lowest BCUT2D eigenvalue weighted by Crippen LogP contribution is -2.30. The molecule has 1 saturated heterocycles. The summed E-state index contributed by atoms with van der Waals surface area (Å²) in [5, 5.41) is 0. The van der Waals surface area contributed by atoms with Crippen molar-refractivity contribution in [3.05, 3.63) is 17.8 Å². The van der Waals surface area contributed by atoms with Gasteiger partial charge in [0.05, 0.1) is 0 Å². The smallest absolute Gasteiger partial charge is 0.226 e. The van der Waals surface area contributed by atoms with E-state index in [0.29, 0.717) is 17.9 Å². The highest BCUT2D eigenvalue weighted by Gasteiger charge is 2.34. The van der Waals surface area contributed by atoms with Gasteiger partial charge < -0.3 is 9.15 Å². The third-order valence-electron chi connectivity index (χ3n) is 2.56. The van der Waals surface area contributed by atoms with Gasteiger partial charge in [-0.1, -0.05) is 0 Å². The van der Waals surface area contributed by atoms with Crippen LogP contribution in [0.1, 0.15) is 42.6 Å². The van der Waals surface area contributed by atoms with Gasteiger partial charge in [0.2, 0.25) is 5.89 Å². The minimum Gasteiger partial charge on any atom is -0.445 e. The quantitative estimate of drug-likeness (QED) is 0.676. The Bertz CT molecular complexity index is 326. The number of oxazole rings is 1. The first kappa shape index (κ1) is 9.40. The summed E-state index contributed by atoms with van der Waals surface area (Å²) < 4.78 is 10.9. The maximum absolute atomic E-state index is 10.4. The molecular weight excluding hydrogens is 182 g/mol. The molecule has 1 unspecified atom stereocenters. The molecule has 0 amide bonds. The first-order chi connectivity index (χ1) is 6.74. The van der Waals surface area contributed by atoms with Crippen molar-refractivity contribution in [1.29, 1.82) is 0 Å². The summed E-state index contributed by atoms with van der Waals surface area (Å²) in [5.41, 5.74) is -0.116. The normalized spacial score (nSPS) is 27.5. The topological polar surface area (TPSA) is 52.3 Å². The lowest BCUT2D eigenvalue weighted by Gasteiger charge is -2.30. The molecule has 0 spiro atoms. The minimum absolute atomic E-state index is 0.329. The summed E-state index contributed by atoms with van der Waals surface area (Å²) in [5.74, 6) is 0.513. The van der Waals surface area contributed by atoms with Gasteiger partial charge in [-0.05, 0) is 26.2 Å². The van der Waals surface area contributed by atoms with E-state index < -0.39 is 5.60 Å². The largest absolute Gasteiger partial charge is 0.445 e. The number of carbonyl (C=O) groups is 1. The molecule has 0 bridgehead atoms. The molecule has 2 rings (SSSR count). The molecule has 1 atom stereocenters. The number of aldehydes is 1. The van der Waals surface area contributed by atoms with Gasteiger partial charge in [0.1, 0.15) is 17.6 Å². The molecule has 76 valence electrons. The molecule has 1 fully saturated rings. The number of ether oxygens (including phenoxy) is 1. The second-order valence-electron chi connectivity index (χ2n) is 3.73. The van der Waals surface area contributed by atoms with Gasteiger partial charge in [-0.25, -0.2) is 4.98 Å². The van der Waals surface area contributed by atoms with Crippen LogP contribution in [0.3, 0.4) is 0 Å². The summed E-state index contributed by atoms with van der Waals surface area (Å²) in [6, 6.07) is 0. The molecule has 0 N–H and O–H groups in total. The molecule has 0 radical (unpaired) electrons. The van der Waals surface area contributed by atoms with Crippen LogP contribution in [-0.2, 0) is 10.3 Å². The second kappa shape index (κ2) is 3.53. The van der Waals surface area contributed by atoms with Gasteiger partial charge in [0, 0.05) is 6.61 Å². The van der Waals surface area contributed by atoms with Crippen LogP contribution in [0.2, 0.25) is 0 Å². The fourth-order valence-corrected chi connectivity index (χ4v) is 1.69. The van der Waals surface area contributed by atoms with Crippen molar-refractivity contribution in [2.24, 2.45) is 0 Å². The predicted octanol–water partition coefficient (Wildman–Crippen LogP) is 1.90. The van der Waals surface area contributed by atoms with Crippen molar-refractivity contribution < 1.29 is 13.9 Å². The van der Waals surface area contributed by atoms with Gasteiger partial charge in [-0.15, -0.1) is 0 Å². The molecule has 1 aliphatic rings. The maximum Gasteiger partial charge on any atom is 0.226 e. The lowest BCUT2D eigenvalue weighted by molar-refractivity contribution is -0.0866. The van der Waals surface area contributed by atoms with E-state index in [-0.39, 0.29) is 0 Å². The summed E-state index contributed by atoms with van der Waals surface area (Å²) in [7, 11) is 0. The summed E-state index contributed by atoms with van der Waals surface area (Å²) in [4.78, 5) is 14.5. The van der Waals surface area contributed by atoms with Crippen LogP contribution in [0.25, 0.3) is 0 Å². The maximum atomic E-state index is 10.4. The van der Waals surface area contributed by atoms with E-state index in [0.717, 1.165) is 25.9 Å². The zero-order valence-electron chi connectivity index (χ0n) is 8.16. The van der Waals surface area contributed by atoms with Gasteiger partial charge in [0.25, 0.3) is 0 Å². The highest BCUT2D eigenvalue weighted by molar-refractivity contribution is 5.70. The Balaban J connectivity index is 2.23. The minimum atomic E-state index is -0.445. The molecule has 1 aliphatic heterocycles. The molecule has 4 heteroatoms. The Morgan fingerprint density at radius 2 is 2.43 bits per heavy atom. The Kier molecular flexibility index (Phi) is 2.37. The summed E-state index contributed by atoms with van der Waals surface area (Å²) in [6.07, 6.45) is 5.13. The fourth-order valence-electron chi connectivity index (χ4n) is 1.69. The Morgan fingerprint density at radius 1 is 1.57 bits per heavy atom. The van der Waals surface area contributed by atoms with E-state index in [4.69, 9.17) is 9.15 Å². The zero-order valence-corrected chi connectivity index (χ0v) is 8.16.